The highest BCUT2D eigenvalue weighted by molar-refractivity contribution is 5.73. The summed E-state index contributed by atoms with van der Waals surface area (Å²) in [6, 6.07) is 1.42. The molecule has 2 heterocycles. The topological polar surface area (TPSA) is 84.7 Å². The van der Waals surface area contributed by atoms with Crippen LogP contribution in [-0.4, -0.2) is 19.9 Å². The number of H-pyrrole nitrogens is 1. The summed E-state index contributed by atoms with van der Waals surface area (Å²) in [6.07, 6.45) is 1.23. The second kappa shape index (κ2) is 3.30. The third-order valence-electron chi connectivity index (χ3n) is 2.10. The normalized spacial score (nSPS) is 11.1. The number of pyridine rings is 1. The van der Waals surface area contributed by atoms with Gasteiger partial charge in [-0.3, -0.25) is 10.1 Å². The van der Waals surface area contributed by atoms with Crippen molar-refractivity contribution in [3.8, 4) is 0 Å². The molecule has 0 saturated heterocycles. The van der Waals surface area contributed by atoms with Crippen LogP contribution in [-0.2, 0) is 0 Å². The fraction of sp³-hybridized carbons (Fsp3) is 0.333. The Bertz CT molecular complexity index is 518. The van der Waals surface area contributed by atoms with Gasteiger partial charge in [-0.05, 0) is 0 Å². The minimum atomic E-state index is -0.476. The van der Waals surface area contributed by atoms with E-state index in [-0.39, 0.29) is 11.6 Å². The van der Waals surface area contributed by atoms with Gasteiger partial charge < -0.3 is 4.98 Å². The van der Waals surface area contributed by atoms with Crippen LogP contribution in [0, 0.1) is 10.1 Å². The Morgan fingerprint density at radius 2 is 2.27 bits per heavy atom. The lowest BCUT2D eigenvalue weighted by molar-refractivity contribution is -0.385. The van der Waals surface area contributed by atoms with Crippen molar-refractivity contribution >= 4 is 16.9 Å². The average molecular weight is 206 g/mol. The molecule has 0 spiro atoms. The van der Waals surface area contributed by atoms with Crippen LogP contribution < -0.4 is 0 Å². The first-order valence-corrected chi connectivity index (χ1v) is 4.58. The van der Waals surface area contributed by atoms with Crippen LogP contribution in [0.15, 0.2) is 12.3 Å². The molecule has 78 valence electrons. The largest absolute Gasteiger partial charge is 0.326 e. The van der Waals surface area contributed by atoms with E-state index in [1.807, 2.05) is 13.8 Å². The van der Waals surface area contributed by atoms with Crippen molar-refractivity contribution in [2.24, 2.45) is 0 Å². The Kier molecular flexibility index (Phi) is 2.11. The molecule has 0 atom stereocenters. The number of hydrogen-bond acceptors (Lipinski definition) is 4. The molecule has 0 saturated carbocycles. The molecule has 6 nitrogen and oxygen atoms in total. The van der Waals surface area contributed by atoms with Gasteiger partial charge in [0.2, 0.25) is 0 Å². The number of aromatic amines is 1. The molecule has 2 rings (SSSR count). The fourth-order valence-electron chi connectivity index (χ4n) is 1.28. The van der Waals surface area contributed by atoms with Gasteiger partial charge in [0.05, 0.1) is 4.92 Å². The van der Waals surface area contributed by atoms with E-state index in [1.54, 1.807) is 0 Å². The van der Waals surface area contributed by atoms with Crippen LogP contribution in [0.2, 0.25) is 0 Å². The monoisotopic (exact) mass is 206 g/mol. The van der Waals surface area contributed by atoms with Crippen LogP contribution >= 0.6 is 0 Å². The lowest BCUT2D eigenvalue weighted by atomic mass is 10.2. The third kappa shape index (κ3) is 1.65. The summed E-state index contributed by atoms with van der Waals surface area (Å²) in [5.41, 5.74) is 1.08. The first kappa shape index (κ1) is 9.57. The molecule has 0 unspecified atom stereocenters. The first-order valence-electron chi connectivity index (χ1n) is 4.58. The van der Waals surface area contributed by atoms with Gasteiger partial charge in [0, 0.05) is 12.0 Å². The van der Waals surface area contributed by atoms with Crippen molar-refractivity contribution in [3.63, 3.8) is 0 Å². The molecule has 0 radical (unpaired) electrons. The zero-order chi connectivity index (χ0) is 11.0. The van der Waals surface area contributed by atoms with E-state index >= 15 is 0 Å². The van der Waals surface area contributed by atoms with Gasteiger partial charge in [-0.15, -0.1) is 0 Å². The maximum absolute atomic E-state index is 10.5. The maximum Gasteiger partial charge on any atom is 0.289 e. The molecular weight excluding hydrogens is 196 g/mol. The van der Waals surface area contributed by atoms with Gasteiger partial charge in [-0.1, -0.05) is 13.8 Å². The van der Waals surface area contributed by atoms with E-state index < -0.39 is 4.92 Å². The molecule has 0 aliphatic carbocycles. The lowest BCUT2D eigenvalue weighted by Crippen LogP contribution is -1.88. The molecule has 15 heavy (non-hydrogen) atoms. The van der Waals surface area contributed by atoms with Crippen LogP contribution in [0.25, 0.3) is 11.2 Å². The number of rotatable bonds is 2. The standard InChI is InChI=1S/C9H10N4O2/c1-5(2)8-11-7-3-6(13(14)15)4-10-9(7)12-8/h3-5H,1-2H3,(H,10,11,12). The molecule has 0 aromatic carbocycles. The predicted octanol–water partition coefficient (Wildman–Crippen LogP) is 1.99. The Balaban J connectivity index is 2.57. The van der Waals surface area contributed by atoms with Crippen molar-refractivity contribution in [1.29, 1.82) is 0 Å². The quantitative estimate of drug-likeness (QED) is 0.601. The first-order chi connectivity index (χ1) is 7.08. The van der Waals surface area contributed by atoms with E-state index in [1.165, 1.54) is 12.3 Å². The van der Waals surface area contributed by atoms with E-state index in [9.17, 15) is 10.1 Å². The van der Waals surface area contributed by atoms with Gasteiger partial charge in [-0.25, -0.2) is 9.97 Å². The minimum Gasteiger partial charge on any atom is -0.326 e. The van der Waals surface area contributed by atoms with Gasteiger partial charge in [-0.2, -0.15) is 0 Å². The number of nitrogens with one attached hydrogen (secondary N) is 1. The van der Waals surface area contributed by atoms with Gasteiger partial charge in [0.1, 0.15) is 17.5 Å². The molecule has 0 bridgehead atoms. The fourth-order valence-corrected chi connectivity index (χ4v) is 1.28. The molecule has 0 aliphatic rings. The Labute approximate surface area is 85.5 Å². The molecule has 0 fully saturated rings. The SMILES string of the molecule is CC(C)c1nc2cc([N+](=O)[O-])cnc2[nH]1. The number of imidazole rings is 1. The molecule has 6 heteroatoms. The zero-order valence-corrected chi connectivity index (χ0v) is 8.39. The Morgan fingerprint density at radius 3 is 2.87 bits per heavy atom. The molecule has 1 N–H and O–H groups in total. The van der Waals surface area contributed by atoms with Crippen LogP contribution in [0.3, 0.4) is 0 Å². The van der Waals surface area contributed by atoms with Gasteiger partial charge in [0.15, 0.2) is 5.65 Å². The second-order valence-electron chi connectivity index (χ2n) is 3.60. The van der Waals surface area contributed by atoms with E-state index in [0.717, 1.165) is 5.82 Å². The molecule has 2 aromatic rings. The summed E-state index contributed by atoms with van der Waals surface area (Å²) >= 11 is 0. The summed E-state index contributed by atoms with van der Waals surface area (Å²) < 4.78 is 0. The van der Waals surface area contributed by atoms with Crippen molar-refractivity contribution in [2.45, 2.75) is 19.8 Å². The number of hydrogen-bond donors (Lipinski definition) is 1. The van der Waals surface area contributed by atoms with Crippen molar-refractivity contribution in [1.82, 2.24) is 15.0 Å². The summed E-state index contributed by atoms with van der Waals surface area (Å²) in [5.74, 6) is 1.04. The molecule has 2 aromatic heterocycles. The summed E-state index contributed by atoms with van der Waals surface area (Å²) in [7, 11) is 0. The Morgan fingerprint density at radius 1 is 1.53 bits per heavy atom. The van der Waals surface area contributed by atoms with Crippen LogP contribution in [0.5, 0.6) is 0 Å². The van der Waals surface area contributed by atoms with E-state index in [0.29, 0.717) is 11.2 Å². The van der Waals surface area contributed by atoms with Crippen molar-refractivity contribution < 1.29 is 4.92 Å². The summed E-state index contributed by atoms with van der Waals surface area (Å²) in [5, 5.41) is 10.5. The van der Waals surface area contributed by atoms with Crippen molar-refractivity contribution in [2.75, 3.05) is 0 Å². The zero-order valence-electron chi connectivity index (χ0n) is 8.39. The summed E-state index contributed by atoms with van der Waals surface area (Å²) in [6.45, 7) is 3.98. The molecule has 0 aliphatic heterocycles. The Hall–Kier alpha value is -1.98. The minimum absolute atomic E-state index is 0.0377. The van der Waals surface area contributed by atoms with E-state index in [4.69, 9.17) is 0 Å². The van der Waals surface area contributed by atoms with Gasteiger partial charge >= 0.3 is 0 Å². The predicted molar refractivity (Wildman–Crippen MR) is 54.6 cm³/mol. The third-order valence-corrected chi connectivity index (χ3v) is 2.10. The number of nitrogens with zero attached hydrogens (tertiary/aromatic N) is 3. The lowest BCUT2D eigenvalue weighted by Gasteiger charge is -1.95. The smallest absolute Gasteiger partial charge is 0.289 e. The van der Waals surface area contributed by atoms with Crippen LogP contribution in [0.1, 0.15) is 25.6 Å². The summed E-state index contributed by atoms with van der Waals surface area (Å²) in [4.78, 5) is 21.2. The highest BCUT2D eigenvalue weighted by Gasteiger charge is 2.12. The molecule has 0 amide bonds. The number of aromatic nitrogens is 3. The number of fused-ring (bicyclic) bond motifs is 1. The highest BCUT2D eigenvalue weighted by Crippen LogP contribution is 2.19. The van der Waals surface area contributed by atoms with E-state index in [2.05, 4.69) is 15.0 Å². The van der Waals surface area contributed by atoms with Gasteiger partial charge in [0.25, 0.3) is 5.69 Å². The van der Waals surface area contributed by atoms with Crippen LogP contribution in [0.4, 0.5) is 5.69 Å². The molecular formula is C9H10N4O2. The highest BCUT2D eigenvalue weighted by atomic mass is 16.6. The average Bonchev–Trinajstić information content (AvgIpc) is 2.59. The number of nitro groups is 1. The maximum atomic E-state index is 10.5. The van der Waals surface area contributed by atoms with Crippen molar-refractivity contribution in [3.05, 3.63) is 28.2 Å². The second-order valence-corrected chi connectivity index (χ2v) is 3.60.